The third-order valence-electron chi connectivity index (χ3n) is 9.59. The van der Waals surface area contributed by atoms with Crippen molar-refractivity contribution in [3.8, 4) is 0 Å². The minimum absolute atomic E-state index is 0. The summed E-state index contributed by atoms with van der Waals surface area (Å²) in [4.78, 5) is 19.1. The van der Waals surface area contributed by atoms with Gasteiger partial charge in [-0.25, -0.2) is 9.59 Å². The molecule has 4 aromatic carbocycles. The summed E-state index contributed by atoms with van der Waals surface area (Å²) in [6, 6.07) is 18.0. The second kappa shape index (κ2) is 22.2. The molecule has 8 rings (SSSR count). The molecule has 56 heavy (non-hydrogen) atoms. The summed E-state index contributed by atoms with van der Waals surface area (Å²) in [5, 5.41) is 20.3. The predicted octanol–water partition coefficient (Wildman–Crippen LogP) is 11.2. The molecule has 4 atom stereocenters. The number of hydrogen-bond acceptors (Lipinski definition) is 6. The summed E-state index contributed by atoms with van der Waals surface area (Å²) >= 11 is 41.5. The summed E-state index contributed by atoms with van der Waals surface area (Å²) in [7, 11) is 0. The standard InChI is InChI=1S/3C9H9Cl2N.C9H10ClN.C4H4O4.ClH/c10-7-3-1-5-6(9(7)11)2-4-8(5)12;10-6-3-1-5-2-4-7(12)8(5)9(6)11;10-7-3-5-1-2-9(12)6(5)4-8(7)11;10-8-3-1-2-7-6(8)4-5-9(7)11;5-3(6)1-2-4(7)8;/h1,3,8H,2,4,12H2;1,3,7H,2,4,12H2;3-4,9H,1-2,12H2;1-3,9H,4-5,11H2;1-2H,(H,5,6)(H,7,8);1H/b;;;;2-1-;. The molecular weight excluding hydrogens is 884 g/mol. The van der Waals surface area contributed by atoms with Crippen LogP contribution in [0.4, 0.5) is 0 Å². The monoisotopic (exact) mass is 922 g/mol. The van der Waals surface area contributed by atoms with E-state index in [4.69, 9.17) is 114 Å². The second-order valence-electron chi connectivity index (χ2n) is 13.2. The third kappa shape index (κ3) is 12.6. The normalized spacial score (nSPS) is 19.2. The first kappa shape index (κ1) is 48.1. The maximum atomic E-state index is 9.55. The molecule has 0 heterocycles. The maximum Gasteiger partial charge on any atom is 0.328 e. The highest BCUT2D eigenvalue weighted by Gasteiger charge is 2.24. The topological polar surface area (TPSA) is 179 Å². The zero-order valence-electron chi connectivity index (χ0n) is 29.9. The molecule has 0 aromatic heterocycles. The van der Waals surface area contributed by atoms with Crippen molar-refractivity contribution in [1.29, 1.82) is 0 Å². The van der Waals surface area contributed by atoms with Crippen LogP contribution in [0.15, 0.2) is 66.7 Å². The highest BCUT2D eigenvalue weighted by atomic mass is 35.5. The Hall–Kier alpha value is -2.28. The van der Waals surface area contributed by atoms with Gasteiger partial charge >= 0.3 is 11.9 Å². The first-order valence-electron chi connectivity index (χ1n) is 17.3. The van der Waals surface area contributed by atoms with Crippen LogP contribution in [-0.2, 0) is 35.3 Å². The quantitative estimate of drug-likeness (QED) is 0.108. The van der Waals surface area contributed by atoms with E-state index < -0.39 is 11.9 Å². The predicted molar refractivity (Wildman–Crippen MR) is 233 cm³/mol. The number of rotatable bonds is 2. The molecule has 0 radical (unpaired) electrons. The van der Waals surface area contributed by atoms with Gasteiger partial charge in [0, 0.05) is 41.3 Å². The lowest BCUT2D eigenvalue weighted by Gasteiger charge is -2.07. The van der Waals surface area contributed by atoms with Gasteiger partial charge in [-0.2, -0.15) is 0 Å². The highest BCUT2D eigenvalue weighted by Crippen LogP contribution is 2.40. The number of carboxylic acid groups (broad SMARTS) is 2. The van der Waals surface area contributed by atoms with Gasteiger partial charge in [0.05, 0.1) is 30.1 Å². The number of fused-ring (bicyclic) bond motifs is 4. The van der Waals surface area contributed by atoms with Crippen molar-refractivity contribution in [3.63, 3.8) is 0 Å². The lowest BCUT2D eigenvalue weighted by molar-refractivity contribution is -0.134. The Labute approximate surface area is 367 Å². The fraction of sp³-hybridized carbons (Fsp3) is 0.300. The number of aliphatic carboxylic acids is 2. The van der Waals surface area contributed by atoms with Crippen molar-refractivity contribution >= 4 is 106 Å². The number of carboxylic acids is 2. The molecule has 4 unspecified atom stereocenters. The number of benzene rings is 4. The SMILES string of the molecule is Cl.NC1CCc2c(Cl)cccc21.NC1CCc2c1ccc(Cl)c2Cl.NC1CCc2cc(Cl)c(Cl)cc21.NC1CCc2ccc(Cl)c(Cl)c21.O=C(O)/C=C\C(=O)O. The molecule has 302 valence electrons. The summed E-state index contributed by atoms with van der Waals surface area (Å²) in [6.45, 7) is 0. The number of carbonyl (C=O) groups is 2. The molecule has 10 N–H and O–H groups in total. The van der Waals surface area contributed by atoms with E-state index in [0.717, 1.165) is 78.6 Å². The molecule has 0 saturated carbocycles. The van der Waals surface area contributed by atoms with Gasteiger partial charge in [0.2, 0.25) is 0 Å². The molecule has 4 aromatic rings. The van der Waals surface area contributed by atoms with Crippen LogP contribution in [0, 0.1) is 0 Å². The molecule has 4 aliphatic carbocycles. The average Bonchev–Trinajstić information content (AvgIpc) is 3.92. The van der Waals surface area contributed by atoms with Gasteiger partial charge in [-0.1, -0.05) is 105 Å². The lowest BCUT2D eigenvalue weighted by Crippen LogP contribution is -2.05. The summed E-state index contributed by atoms with van der Waals surface area (Å²) in [6.07, 6.45) is 9.16. The van der Waals surface area contributed by atoms with Crippen molar-refractivity contribution in [3.05, 3.63) is 146 Å². The zero-order valence-corrected chi connectivity index (χ0v) is 36.0. The molecule has 0 saturated heterocycles. The third-order valence-corrected chi connectivity index (χ3v) is 12.3. The number of hydrogen-bond donors (Lipinski definition) is 6. The number of aryl methyl sites for hydroxylation is 2. The van der Waals surface area contributed by atoms with E-state index >= 15 is 0 Å². The van der Waals surface area contributed by atoms with Gasteiger partial charge in [-0.05, 0) is 126 Å². The van der Waals surface area contributed by atoms with Crippen LogP contribution in [0.3, 0.4) is 0 Å². The van der Waals surface area contributed by atoms with E-state index in [-0.39, 0.29) is 36.6 Å². The Kier molecular flexibility index (Phi) is 19.1. The Morgan fingerprint density at radius 2 is 1.00 bits per heavy atom. The summed E-state index contributed by atoms with van der Waals surface area (Å²) in [5.74, 6) is -2.51. The second-order valence-corrected chi connectivity index (χ2v) is 16.0. The van der Waals surface area contributed by atoms with Crippen LogP contribution in [0.5, 0.6) is 0 Å². The lowest BCUT2D eigenvalue weighted by atomic mass is 10.1. The van der Waals surface area contributed by atoms with Gasteiger partial charge in [-0.15, -0.1) is 12.4 Å². The van der Waals surface area contributed by atoms with E-state index in [1.165, 1.54) is 22.3 Å². The van der Waals surface area contributed by atoms with Gasteiger partial charge in [0.1, 0.15) is 0 Å². The van der Waals surface area contributed by atoms with E-state index in [1.54, 1.807) is 0 Å². The number of nitrogens with two attached hydrogens (primary N) is 4. The fourth-order valence-electron chi connectivity index (χ4n) is 6.76. The summed E-state index contributed by atoms with van der Waals surface area (Å²) in [5.41, 5.74) is 32.9. The van der Waals surface area contributed by atoms with E-state index in [0.29, 0.717) is 42.3 Å². The zero-order chi connectivity index (χ0) is 40.6. The molecule has 0 spiro atoms. The molecule has 4 aliphatic rings. The van der Waals surface area contributed by atoms with E-state index in [1.807, 2.05) is 48.5 Å². The molecule has 0 aliphatic heterocycles. The maximum absolute atomic E-state index is 9.55. The largest absolute Gasteiger partial charge is 0.478 e. The molecular formula is C40H42Cl8N4O4. The first-order chi connectivity index (χ1) is 26.0. The van der Waals surface area contributed by atoms with Crippen LogP contribution in [0.25, 0.3) is 0 Å². The van der Waals surface area contributed by atoms with Gasteiger partial charge in [0.15, 0.2) is 0 Å². The molecule has 0 amide bonds. The van der Waals surface area contributed by atoms with E-state index in [9.17, 15) is 9.59 Å². The van der Waals surface area contributed by atoms with Crippen molar-refractivity contribution in [1.82, 2.24) is 0 Å². The Morgan fingerprint density at radius 3 is 1.61 bits per heavy atom. The van der Waals surface area contributed by atoms with E-state index in [2.05, 4.69) is 6.07 Å². The van der Waals surface area contributed by atoms with Crippen molar-refractivity contribution in [2.24, 2.45) is 22.9 Å². The minimum atomic E-state index is -1.26. The van der Waals surface area contributed by atoms with Crippen LogP contribution in [0.2, 0.25) is 35.2 Å². The van der Waals surface area contributed by atoms with Crippen LogP contribution < -0.4 is 22.9 Å². The van der Waals surface area contributed by atoms with Crippen molar-refractivity contribution in [2.75, 3.05) is 0 Å². The molecule has 16 heteroatoms. The van der Waals surface area contributed by atoms with Crippen LogP contribution in [0.1, 0.15) is 94.4 Å². The Balaban J connectivity index is 0.000000188. The smallest absolute Gasteiger partial charge is 0.328 e. The van der Waals surface area contributed by atoms with Crippen molar-refractivity contribution in [2.45, 2.75) is 75.5 Å². The molecule has 0 fully saturated rings. The molecule has 8 nitrogen and oxygen atoms in total. The Morgan fingerprint density at radius 1 is 0.518 bits per heavy atom. The average molecular weight is 926 g/mol. The van der Waals surface area contributed by atoms with Crippen molar-refractivity contribution < 1.29 is 19.8 Å². The molecule has 0 bridgehead atoms. The highest BCUT2D eigenvalue weighted by molar-refractivity contribution is 6.43. The first-order valence-corrected chi connectivity index (χ1v) is 20.0. The number of halogens is 8. The van der Waals surface area contributed by atoms with Gasteiger partial charge in [0.25, 0.3) is 0 Å². The Bertz CT molecular complexity index is 2050. The van der Waals surface area contributed by atoms with Crippen LogP contribution >= 0.6 is 93.6 Å². The summed E-state index contributed by atoms with van der Waals surface area (Å²) < 4.78 is 0. The van der Waals surface area contributed by atoms with Gasteiger partial charge < -0.3 is 33.1 Å². The fourth-order valence-corrected chi connectivity index (χ4v) is 8.33. The van der Waals surface area contributed by atoms with Crippen LogP contribution in [-0.4, -0.2) is 22.2 Å². The minimum Gasteiger partial charge on any atom is -0.478 e. The van der Waals surface area contributed by atoms with Gasteiger partial charge in [-0.3, -0.25) is 0 Å².